The SMILES string of the molecule is CC(=O)NCC(Cc1ccc(C#Cc2ccc(CN3CCOCC3)cc2)cc1)c1cc[nH]c(=O)c1O. The first-order valence-electron chi connectivity index (χ1n) is 12.1. The van der Waals surface area contributed by atoms with Crippen molar-refractivity contribution in [3.63, 3.8) is 0 Å². The Morgan fingerprint density at radius 1 is 1.03 bits per heavy atom. The number of aromatic nitrogens is 1. The second kappa shape index (κ2) is 12.2. The average Bonchev–Trinajstić information content (AvgIpc) is 2.89. The van der Waals surface area contributed by atoms with Crippen molar-refractivity contribution in [3.05, 3.63) is 99.0 Å². The summed E-state index contributed by atoms with van der Waals surface area (Å²) in [5.74, 6) is 5.71. The van der Waals surface area contributed by atoms with Gasteiger partial charge in [-0.2, -0.15) is 0 Å². The minimum absolute atomic E-state index is 0.163. The quantitative estimate of drug-likeness (QED) is 0.448. The summed E-state index contributed by atoms with van der Waals surface area (Å²) in [6.07, 6.45) is 2.06. The molecule has 1 aliphatic rings. The number of carbonyl (C=O) groups excluding carboxylic acids is 1. The molecule has 4 rings (SSSR count). The number of H-pyrrole nitrogens is 1. The number of pyridine rings is 1. The largest absolute Gasteiger partial charge is 0.503 e. The van der Waals surface area contributed by atoms with E-state index in [0.717, 1.165) is 49.5 Å². The summed E-state index contributed by atoms with van der Waals surface area (Å²) in [6.45, 7) is 6.22. The zero-order chi connectivity index (χ0) is 25.3. The van der Waals surface area contributed by atoms with E-state index in [2.05, 4.69) is 51.3 Å². The van der Waals surface area contributed by atoms with Crippen LogP contribution in [0.3, 0.4) is 0 Å². The number of ether oxygens (including phenoxy) is 1. The van der Waals surface area contributed by atoms with Crippen LogP contribution in [-0.2, 0) is 22.5 Å². The van der Waals surface area contributed by atoms with E-state index >= 15 is 0 Å². The third-order valence-corrected chi connectivity index (χ3v) is 6.25. The van der Waals surface area contributed by atoms with Crippen LogP contribution in [0, 0.1) is 11.8 Å². The molecule has 7 nitrogen and oxygen atoms in total. The summed E-state index contributed by atoms with van der Waals surface area (Å²) in [5, 5.41) is 13.0. The van der Waals surface area contributed by atoms with Crippen molar-refractivity contribution in [2.45, 2.75) is 25.8 Å². The molecule has 0 bridgehead atoms. The highest BCUT2D eigenvalue weighted by atomic mass is 16.5. The number of benzene rings is 2. The molecule has 0 aliphatic carbocycles. The van der Waals surface area contributed by atoms with Gasteiger partial charge < -0.3 is 20.1 Å². The summed E-state index contributed by atoms with van der Waals surface area (Å²) in [5.41, 5.74) is 4.11. The van der Waals surface area contributed by atoms with Crippen LogP contribution in [0.15, 0.2) is 65.6 Å². The Bertz CT molecular complexity index is 1280. The highest BCUT2D eigenvalue weighted by Gasteiger charge is 2.18. The van der Waals surface area contributed by atoms with Gasteiger partial charge in [0.25, 0.3) is 5.56 Å². The van der Waals surface area contributed by atoms with Crippen molar-refractivity contribution in [1.82, 2.24) is 15.2 Å². The molecule has 1 amide bonds. The number of carbonyl (C=O) groups is 1. The zero-order valence-electron chi connectivity index (χ0n) is 20.4. The van der Waals surface area contributed by atoms with E-state index in [-0.39, 0.29) is 17.6 Å². The van der Waals surface area contributed by atoms with Gasteiger partial charge in [-0.05, 0) is 47.9 Å². The van der Waals surface area contributed by atoms with E-state index in [1.807, 2.05) is 24.3 Å². The molecule has 2 heterocycles. The molecule has 0 saturated carbocycles. The zero-order valence-corrected chi connectivity index (χ0v) is 20.4. The first-order chi connectivity index (χ1) is 17.5. The lowest BCUT2D eigenvalue weighted by Gasteiger charge is -2.26. The first-order valence-corrected chi connectivity index (χ1v) is 12.1. The van der Waals surface area contributed by atoms with Gasteiger partial charge in [0.05, 0.1) is 13.2 Å². The number of nitrogens with zero attached hydrogens (tertiary/aromatic N) is 1. The van der Waals surface area contributed by atoms with Crippen LogP contribution in [0.1, 0.15) is 40.7 Å². The molecule has 1 atom stereocenters. The number of aromatic hydroxyl groups is 1. The van der Waals surface area contributed by atoms with Gasteiger partial charge in [0.1, 0.15) is 0 Å². The molecule has 36 heavy (non-hydrogen) atoms. The Balaban J connectivity index is 1.40. The number of morpholine rings is 1. The second-order valence-corrected chi connectivity index (χ2v) is 8.98. The van der Waals surface area contributed by atoms with Crippen LogP contribution in [0.25, 0.3) is 0 Å². The fourth-order valence-electron chi connectivity index (χ4n) is 4.24. The highest BCUT2D eigenvalue weighted by Crippen LogP contribution is 2.25. The van der Waals surface area contributed by atoms with Crippen LogP contribution in [0.2, 0.25) is 0 Å². The van der Waals surface area contributed by atoms with Gasteiger partial charge in [0.15, 0.2) is 5.75 Å². The van der Waals surface area contributed by atoms with Crippen molar-refractivity contribution in [2.75, 3.05) is 32.8 Å². The van der Waals surface area contributed by atoms with Crippen LogP contribution >= 0.6 is 0 Å². The summed E-state index contributed by atoms with van der Waals surface area (Å²) < 4.78 is 5.41. The standard InChI is InChI=1S/C29H31N3O4/c1-21(33)31-19-26(27-12-13-30-29(35)28(27)34)18-24-8-4-22(5-9-24)2-3-23-6-10-25(11-7-23)20-32-14-16-36-17-15-32/h4-13,26,34H,14-20H2,1H3,(H,30,35)(H,31,33). The van der Waals surface area contributed by atoms with Crippen LogP contribution in [0.5, 0.6) is 5.75 Å². The summed E-state index contributed by atoms with van der Waals surface area (Å²) in [4.78, 5) is 28.2. The molecule has 1 fully saturated rings. The number of hydrogen-bond acceptors (Lipinski definition) is 5. The smallest absolute Gasteiger partial charge is 0.290 e. The van der Waals surface area contributed by atoms with Crippen molar-refractivity contribution < 1.29 is 14.6 Å². The Morgan fingerprint density at radius 2 is 1.64 bits per heavy atom. The molecule has 2 aromatic carbocycles. The molecule has 3 aromatic rings. The minimum atomic E-state index is -0.542. The van der Waals surface area contributed by atoms with E-state index in [1.165, 1.54) is 18.7 Å². The maximum Gasteiger partial charge on any atom is 0.290 e. The van der Waals surface area contributed by atoms with Crippen LogP contribution < -0.4 is 10.9 Å². The van der Waals surface area contributed by atoms with Crippen LogP contribution in [0.4, 0.5) is 0 Å². The molecular weight excluding hydrogens is 454 g/mol. The molecule has 1 saturated heterocycles. The van der Waals surface area contributed by atoms with Gasteiger partial charge in [-0.1, -0.05) is 36.1 Å². The van der Waals surface area contributed by atoms with E-state index in [9.17, 15) is 14.7 Å². The van der Waals surface area contributed by atoms with E-state index < -0.39 is 5.56 Å². The lowest BCUT2D eigenvalue weighted by molar-refractivity contribution is -0.119. The predicted molar refractivity (Wildman–Crippen MR) is 139 cm³/mol. The normalized spacial score (nSPS) is 14.5. The molecular formula is C29H31N3O4. The van der Waals surface area contributed by atoms with Crippen molar-refractivity contribution >= 4 is 5.91 Å². The fourth-order valence-corrected chi connectivity index (χ4v) is 4.24. The topological polar surface area (TPSA) is 94.7 Å². The molecule has 1 unspecified atom stereocenters. The Kier molecular flexibility index (Phi) is 8.56. The second-order valence-electron chi connectivity index (χ2n) is 8.98. The first kappa shape index (κ1) is 25.2. The Morgan fingerprint density at radius 3 is 2.25 bits per heavy atom. The molecule has 186 valence electrons. The van der Waals surface area contributed by atoms with Gasteiger partial charge in [-0.15, -0.1) is 0 Å². The van der Waals surface area contributed by atoms with Crippen molar-refractivity contribution in [1.29, 1.82) is 0 Å². The molecule has 0 spiro atoms. The Labute approximate surface area is 211 Å². The van der Waals surface area contributed by atoms with E-state index in [4.69, 9.17) is 4.74 Å². The third kappa shape index (κ3) is 7.08. The van der Waals surface area contributed by atoms with E-state index in [1.54, 1.807) is 6.07 Å². The lowest BCUT2D eigenvalue weighted by Crippen LogP contribution is -2.35. The maximum atomic E-state index is 11.9. The lowest BCUT2D eigenvalue weighted by atomic mass is 9.91. The predicted octanol–water partition coefficient (Wildman–Crippen LogP) is 2.77. The van der Waals surface area contributed by atoms with Crippen molar-refractivity contribution in [2.24, 2.45) is 0 Å². The van der Waals surface area contributed by atoms with Gasteiger partial charge in [0.2, 0.25) is 5.91 Å². The number of aromatic amines is 1. The van der Waals surface area contributed by atoms with Crippen LogP contribution in [-0.4, -0.2) is 53.7 Å². The van der Waals surface area contributed by atoms with Gasteiger partial charge in [-0.3, -0.25) is 14.5 Å². The highest BCUT2D eigenvalue weighted by molar-refractivity contribution is 5.72. The number of amides is 1. The molecule has 7 heteroatoms. The van der Waals surface area contributed by atoms with Gasteiger partial charge in [0, 0.05) is 61.9 Å². The van der Waals surface area contributed by atoms with Gasteiger partial charge >= 0.3 is 0 Å². The average molecular weight is 486 g/mol. The monoisotopic (exact) mass is 485 g/mol. The fraction of sp³-hybridized carbons (Fsp3) is 0.310. The Hall–Kier alpha value is -3.86. The molecule has 1 aliphatic heterocycles. The van der Waals surface area contributed by atoms with E-state index in [0.29, 0.717) is 18.5 Å². The molecule has 0 radical (unpaired) electrons. The third-order valence-electron chi connectivity index (χ3n) is 6.25. The maximum absolute atomic E-state index is 11.9. The summed E-state index contributed by atoms with van der Waals surface area (Å²) in [7, 11) is 0. The van der Waals surface area contributed by atoms with Gasteiger partial charge in [-0.25, -0.2) is 0 Å². The van der Waals surface area contributed by atoms with Crippen molar-refractivity contribution in [3.8, 4) is 17.6 Å². The molecule has 1 aromatic heterocycles. The number of rotatable bonds is 7. The molecule has 3 N–H and O–H groups in total. The summed E-state index contributed by atoms with van der Waals surface area (Å²) in [6, 6.07) is 17.9. The summed E-state index contributed by atoms with van der Waals surface area (Å²) >= 11 is 0. The number of hydrogen-bond donors (Lipinski definition) is 3. The minimum Gasteiger partial charge on any atom is -0.503 e. The number of nitrogens with one attached hydrogen (secondary N) is 2.